The first kappa shape index (κ1) is 22.9. The van der Waals surface area contributed by atoms with Gasteiger partial charge in [0.25, 0.3) is 0 Å². The van der Waals surface area contributed by atoms with Crippen LogP contribution in [0.1, 0.15) is 31.9 Å². The average molecular weight is 463 g/mol. The van der Waals surface area contributed by atoms with Gasteiger partial charge in [0.05, 0.1) is 11.0 Å². The van der Waals surface area contributed by atoms with Gasteiger partial charge < -0.3 is 25.3 Å². The zero-order valence-corrected chi connectivity index (χ0v) is 20.0. The van der Waals surface area contributed by atoms with E-state index in [0.29, 0.717) is 18.0 Å². The molecule has 4 rings (SSSR count). The summed E-state index contributed by atoms with van der Waals surface area (Å²) in [6, 6.07) is 16.0. The van der Waals surface area contributed by atoms with Crippen LogP contribution in [0, 0.1) is 0 Å². The largest absolute Gasteiger partial charge is 0.444 e. The number of alkyl carbamates (subject to hydrolysis) is 1. The van der Waals surface area contributed by atoms with E-state index < -0.39 is 17.7 Å². The number of para-hydroxylation sites is 2. The number of H-pyrrole nitrogens is 2. The Labute approximate surface area is 199 Å². The van der Waals surface area contributed by atoms with Crippen molar-refractivity contribution in [3.8, 4) is 0 Å². The normalized spacial score (nSPS) is 12.6. The molecule has 172 valence electrons. The number of carbonyl (C=O) groups is 1. The first-order chi connectivity index (χ1) is 15.8. The third kappa shape index (κ3) is 5.73. The number of hydrogen-bond donors (Lipinski definition) is 4. The summed E-state index contributed by atoms with van der Waals surface area (Å²) in [7, 11) is 0. The van der Waals surface area contributed by atoms with E-state index >= 15 is 0 Å². The maximum atomic E-state index is 12.5. The third-order valence-electron chi connectivity index (χ3n) is 5.47. The SMILES string of the molecule is CC(C)(C)OC(=O)N[C@H](Cc1c[nH]c2ccccc12)C(=S)NCCc1c[nH]c2ccccc12. The van der Waals surface area contributed by atoms with Crippen molar-refractivity contribution >= 4 is 45.1 Å². The highest BCUT2D eigenvalue weighted by Gasteiger charge is 2.23. The lowest BCUT2D eigenvalue weighted by atomic mass is 10.0. The van der Waals surface area contributed by atoms with Crippen LogP contribution in [0.5, 0.6) is 0 Å². The predicted molar refractivity (Wildman–Crippen MR) is 138 cm³/mol. The van der Waals surface area contributed by atoms with Crippen molar-refractivity contribution in [3.63, 3.8) is 0 Å². The molecule has 0 aliphatic carbocycles. The van der Waals surface area contributed by atoms with Gasteiger partial charge in [0.15, 0.2) is 0 Å². The minimum Gasteiger partial charge on any atom is -0.444 e. The minimum atomic E-state index is -0.584. The lowest BCUT2D eigenvalue weighted by Crippen LogP contribution is -2.48. The van der Waals surface area contributed by atoms with E-state index in [2.05, 4.69) is 38.8 Å². The van der Waals surface area contributed by atoms with Gasteiger partial charge in [0.1, 0.15) is 5.60 Å². The van der Waals surface area contributed by atoms with Crippen LogP contribution in [-0.2, 0) is 17.6 Å². The molecule has 2 heterocycles. The number of carbonyl (C=O) groups excluding carboxylic acids is 1. The molecule has 0 saturated heterocycles. The summed E-state index contributed by atoms with van der Waals surface area (Å²) in [6.45, 7) is 6.21. The second-order valence-corrected chi connectivity index (χ2v) is 9.60. The zero-order valence-electron chi connectivity index (χ0n) is 19.2. The molecule has 2 aromatic carbocycles. The molecule has 2 aromatic heterocycles. The topological polar surface area (TPSA) is 81.9 Å². The molecule has 0 aliphatic heterocycles. The molecule has 0 unspecified atom stereocenters. The summed E-state index contributed by atoms with van der Waals surface area (Å²) in [5, 5.41) is 8.65. The molecule has 4 N–H and O–H groups in total. The summed E-state index contributed by atoms with van der Waals surface area (Å²) in [5.74, 6) is 0. The Kier molecular flexibility index (Phi) is 6.70. The molecule has 0 bridgehead atoms. The van der Waals surface area contributed by atoms with Crippen LogP contribution in [0.15, 0.2) is 60.9 Å². The molecule has 0 radical (unpaired) electrons. The van der Waals surface area contributed by atoms with Crippen molar-refractivity contribution in [2.75, 3.05) is 6.54 Å². The predicted octanol–water partition coefficient (Wildman–Crippen LogP) is 5.24. The Morgan fingerprint density at radius 1 is 0.970 bits per heavy atom. The van der Waals surface area contributed by atoms with Gasteiger partial charge in [0, 0.05) is 47.2 Å². The number of amides is 1. The van der Waals surface area contributed by atoms with Gasteiger partial charge in [-0.05, 0) is 50.5 Å². The van der Waals surface area contributed by atoms with E-state index in [0.717, 1.165) is 28.4 Å². The molecule has 1 amide bonds. The third-order valence-corrected chi connectivity index (χ3v) is 5.90. The number of ether oxygens (including phenoxy) is 1. The number of nitrogens with one attached hydrogen (secondary N) is 4. The van der Waals surface area contributed by atoms with Gasteiger partial charge in [-0.25, -0.2) is 4.79 Å². The smallest absolute Gasteiger partial charge is 0.408 e. The second-order valence-electron chi connectivity index (χ2n) is 9.16. The van der Waals surface area contributed by atoms with Crippen LogP contribution in [0.3, 0.4) is 0 Å². The minimum absolute atomic E-state index is 0.392. The van der Waals surface area contributed by atoms with E-state index in [1.807, 2.05) is 63.5 Å². The molecule has 33 heavy (non-hydrogen) atoms. The number of thiocarbonyl (C=S) groups is 1. The van der Waals surface area contributed by atoms with Crippen molar-refractivity contribution in [1.82, 2.24) is 20.6 Å². The first-order valence-electron chi connectivity index (χ1n) is 11.2. The van der Waals surface area contributed by atoms with Gasteiger partial charge in [-0.2, -0.15) is 0 Å². The standard InChI is InChI=1S/C26H30N4O2S/c1-26(2,3)32-25(31)30-23(14-18-16-29-22-11-7-5-9-20(18)22)24(33)27-13-12-17-15-28-21-10-6-4-8-19(17)21/h4-11,15-16,23,28-29H,12-14H2,1-3H3,(H,27,33)(H,30,31)/t23-/m1/s1. The highest BCUT2D eigenvalue weighted by molar-refractivity contribution is 7.80. The van der Waals surface area contributed by atoms with Crippen LogP contribution in [-0.4, -0.2) is 39.2 Å². The molecule has 0 saturated carbocycles. The summed E-state index contributed by atoms with van der Waals surface area (Å²) in [6.07, 6.45) is 4.91. The number of rotatable bonds is 7. The van der Waals surface area contributed by atoms with E-state index in [1.165, 1.54) is 10.9 Å². The van der Waals surface area contributed by atoms with E-state index in [4.69, 9.17) is 17.0 Å². The van der Waals surface area contributed by atoms with Crippen LogP contribution >= 0.6 is 12.2 Å². The molecule has 7 heteroatoms. The van der Waals surface area contributed by atoms with Gasteiger partial charge in [-0.1, -0.05) is 48.6 Å². The van der Waals surface area contributed by atoms with E-state index in [1.54, 1.807) is 0 Å². The molecular weight excluding hydrogens is 432 g/mol. The fourth-order valence-corrected chi connectivity index (χ4v) is 4.21. The monoisotopic (exact) mass is 462 g/mol. The fraction of sp³-hybridized carbons (Fsp3) is 0.308. The van der Waals surface area contributed by atoms with Crippen LogP contribution in [0.25, 0.3) is 21.8 Å². The summed E-state index contributed by atoms with van der Waals surface area (Å²) < 4.78 is 5.49. The van der Waals surface area contributed by atoms with Gasteiger partial charge in [0.2, 0.25) is 0 Å². The lowest BCUT2D eigenvalue weighted by Gasteiger charge is -2.24. The Morgan fingerprint density at radius 3 is 2.18 bits per heavy atom. The molecule has 1 atom stereocenters. The summed E-state index contributed by atoms with van der Waals surface area (Å²) in [4.78, 5) is 19.7. The summed E-state index contributed by atoms with van der Waals surface area (Å²) >= 11 is 5.72. The number of hydrogen-bond acceptors (Lipinski definition) is 3. The molecule has 6 nitrogen and oxygen atoms in total. The number of benzene rings is 2. The molecule has 0 aliphatic rings. The molecule has 0 spiro atoms. The number of fused-ring (bicyclic) bond motifs is 2. The maximum absolute atomic E-state index is 12.5. The Hall–Kier alpha value is -3.32. The molecule has 0 fully saturated rings. The highest BCUT2D eigenvalue weighted by atomic mass is 32.1. The van der Waals surface area contributed by atoms with Gasteiger partial charge in [-0.3, -0.25) is 0 Å². The van der Waals surface area contributed by atoms with Crippen molar-refractivity contribution in [2.24, 2.45) is 0 Å². The second kappa shape index (κ2) is 9.67. The quantitative estimate of drug-likeness (QED) is 0.283. The molecular formula is C26H30N4O2S. The Morgan fingerprint density at radius 2 is 1.55 bits per heavy atom. The van der Waals surface area contributed by atoms with Gasteiger partial charge in [-0.15, -0.1) is 0 Å². The average Bonchev–Trinajstić information content (AvgIpc) is 3.36. The van der Waals surface area contributed by atoms with E-state index in [-0.39, 0.29) is 0 Å². The van der Waals surface area contributed by atoms with Gasteiger partial charge >= 0.3 is 6.09 Å². The van der Waals surface area contributed by atoms with Crippen molar-refractivity contribution in [2.45, 2.75) is 45.3 Å². The Bertz CT molecular complexity index is 1270. The lowest BCUT2D eigenvalue weighted by molar-refractivity contribution is 0.0518. The highest BCUT2D eigenvalue weighted by Crippen LogP contribution is 2.20. The summed E-state index contributed by atoms with van der Waals surface area (Å²) in [5.41, 5.74) is 3.92. The van der Waals surface area contributed by atoms with Crippen molar-refractivity contribution in [1.29, 1.82) is 0 Å². The zero-order chi connectivity index (χ0) is 23.4. The fourth-order valence-electron chi connectivity index (χ4n) is 3.96. The van der Waals surface area contributed by atoms with Crippen molar-refractivity contribution < 1.29 is 9.53 Å². The van der Waals surface area contributed by atoms with Crippen LogP contribution in [0.4, 0.5) is 4.79 Å². The number of aromatic amines is 2. The Balaban J connectivity index is 1.45. The van der Waals surface area contributed by atoms with E-state index in [9.17, 15) is 4.79 Å². The maximum Gasteiger partial charge on any atom is 0.408 e. The first-order valence-corrected chi connectivity index (χ1v) is 11.6. The van der Waals surface area contributed by atoms with Crippen LogP contribution in [0.2, 0.25) is 0 Å². The van der Waals surface area contributed by atoms with Crippen LogP contribution < -0.4 is 10.6 Å². The van der Waals surface area contributed by atoms with Crippen molar-refractivity contribution in [3.05, 3.63) is 72.1 Å². The molecule has 4 aromatic rings. The number of aromatic nitrogens is 2.